The Balaban J connectivity index is 2.20. The fourth-order valence-electron chi connectivity index (χ4n) is 2.69. The van der Waals surface area contributed by atoms with Crippen LogP contribution in [0, 0.1) is 0 Å². The van der Waals surface area contributed by atoms with Gasteiger partial charge in [0.05, 0.1) is 25.9 Å². The summed E-state index contributed by atoms with van der Waals surface area (Å²) in [7, 11) is 1.31. The molecule has 1 aliphatic rings. The molecule has 3 rings (SSSR count). The van der Waals surface area contributed by atoms with Crippen LogP contribution in [-0.2, 0) is 9.47 Å². The first-order chi connectivity index (χ1) is 11.5. The van der Waals surface area contributed by atoms with Gasteiger partial charge in [-0.25, -0.2) is 9.78 Å². The first-order valence-corrected chi connectivity index (χ1v) is 8.55. The van der Waals surface area contributed by atoms with E-state index in [1.807, 2.05) is 11.8 Å². The lowest BCUT2D eigenvalue weighted by molar-refractivity contribution is 0.0600. The Bertz CT molecular complexity index is 828. The van der Waals surface area contributed by atoms with E-state index in [4.69, 9.17) is 9.47 Å². The first-order valence-electron chi connectivity index (χ1n) is 7.63. The molecule has 0 radical (unpaired) electrons. The number of nitrogens with zero attached hydrogens (tertiary/aromatic N) is 3. The van der Waals surface area contributed by atoms with Gasteiger partial charge in [0, 0.05) is 35.7 Å². The molecule has 0 aliphatic carbocycles. The Hall–Kier alpha value is -1.93. The molecule has 0 aromatic carbocycles. The maximum atomic E-state index is 12.6. The van der Waals surface area contributed by atoms with Gasteiger partial charge in [0.25, 0.3) is 5.56 Å². The number of morpholine rings is 1. The zero-order valence-electron chi connectivity index (χ0n) is 13.5. The number of rotatable bonds is 3. The highest BCUT2D eigenvalue weighted by Crippen LogP contribution is 2.27. The third-order valence-corrected chi connectivity index (χ3v) is 4.45. The SMILES string of the molecule is COC(=O)c1cc(C(C)Br)c2nc(N3CCOCC3)cc(=O)n2c1. The van der Waals surface area contributed by atoms with E-state index in [1.165, 1.54) is 23.8 Å². The number of esters is 1. The van der Waals surface area contributed by atoms with Gasteiger partial charge in [0.1, 0.15) is 11.5 Å². The predicted octanol–water partition coefficient (Wildman–Crippen LogP) is 1.77. The summed E-state index contributed by atoms with van der Waals surface area (Å²) in [6.45, 7) is 4.54. The van der Waals surface area contributed by atoms with Gasteiger partial charge in [-0.15, -0.1) is 0 Å². The van der Waals surface area contributed by atoms with Crippen molar-refractivity contribution in [1.29, 1.82) is 0 Å². The van der Waals surface area contributed by atoms with Gasteiger partial charge < -0.3 is 14.4 Å². The molecular formula is C16H18BrN3O4. The topological polar surface area (TPSA) is 73.1 Å². The number of fused-ring (bicyclic) bond motifs is 1. The molecule has 2 aromatic rings. The van der Waals surface area contributed by atoms with E-state index in [0.717, 1.165) is 5.56 Å². The van der Waals surface area contributed by atoms with Crippen LogP contribution in [0.5, 0.6) is 0 Å². The number of aromatic nitrogens is 2. The minimum absolute atomic E-state index is 0.0797. The Kier molecular flexibility index (Phi) is 4.86. The van der Waals surface area contributed by atoms with E-state index in [0.29, 0.717) is 43.3 Å². The molecule has 24 heavy (non-hydrogen) atoms. The third kappa shape index (κ3) is 3.16. The molecule has 0 N–H and O–H groups in total. The number of ether oxygens (including phenoxy) is 2. The molecule has 1 atom stereocenters. The van der Waals surface area contributed by atoms with Gasteiger partial charge in [0.15, 0.2) is 0 Å². The number of methoxy groups -OCH3 is 1. The molecule has 0 bridgehead atoms. The number of hydrogen-bond acceptors (Lipinski definition) is 6. The van der Waals surface area contributed by atoms with Gasteiger partial charge in [-0.3, -0.25) is 9.20 Å². The summed E-state index contributed by atoms with van der Waals surface area (Å²) in [6.07, 6.45) is 1.47. The Morgan fingerprint density at radius 3 is 2.71 bits per heavy atom. The van der Waals surface area contributed by atoms with Crippen LogP contribution in [0.15, 0.2) is 23.1 Å². The van der Waals surface area contributed by atoms with Gasteiger partial charge in [0.2, 0.25) is 0 Å². The van der Waals surface area contributed by atoms with Crippen LogP contribution in [0.2, 0.25) is 0 Å². The smallest absolute Gasteiger partial charge is 0.339 e. The third-order valence-electron chi connectivity index (χ3n) is 3.96. The second kappa shape index (κ2) is 6.90. The van der Waals surface area contributed by atoms with Gasteiger partial charge in [-0.05, 0) is 13.0 Å². The van der Waals surface area contributed by atoms with Crippen LogP contribution in [-0.4, -0.2) is 48.8 Å². The molecule has 2 aromatic heterocycles. The van der Waals surface area contributed by atoms with Crippen molar-refractivity contribution in [2.75, 3.05) is 38.3 Å². The van der Waals surface area contributed by atoms with E-state index in [2.05, 4.69) is 20.9 Å². The van der Waals surface area contributed by atoms with Crippen molar-refractivity contribution in [2.24, 2.45) is 0 Å². The number of carbonyl (C=O) groups excluding carboxylic acids is 1. The zero-order valence-corrected chi connectivity index (χ0v) is 15.1. The molecule has 1 saturated heterocycles. The maximum absolute atomic E-state index is 12.6. The van der Waals surface area contributed by atoms with Gasteiger partial charge >= 0.3 is 5.97 Å². The lowest BCUT2D eigenvalue weighted by atomic mass is 10.1. The normalized spacial score (nSPS) is 16.2. The van der Waals surface area contributed by atoms with Crippen LogP contribution in [0.3, 0.4) is 0 Å². The summed E-state index contributed by atoms with van der Waals surface area (Å²) in [5, 5.41) is 0. The van der Waals surface area contributed by atoms with Crippen molar-refractivity contribution in [3.63, 3.8) is 0 Å². The molecule has 7 nitrogen and oxygen atoms in total. The van der Waals surface area contributed by atoms with Crippen molar-refractivity contribution >= 4 is 33.4 Å². The molecule has 1 aliphatic heterocycles. The average molecular weight is 396 g/mol. The zero-order chi connectivity index (χ0) is 17.3. The molecule has 3 heterocycles. The van der Waals surface area contributed by atoms with E-state index in [1.54, 1.807) is 6.07 Å². The van der Waals surface area contributed by atoms with E-state index >= 15 is 0 Å². The molecule has 8 heteroatoms. The molecule has 1 unspecified atom stereocenters. The molecule has 0 spiro atoms. The molecular weight excluding hydrogens is 378 g/mol. The highest BCUT2D eigenvalue weighted by Gasteiger charge is 2.19. The fourth-order valence-corrected chi connectivity index (χ4v) is 3.03. The van der Waals surface area contributed by atoms with Crippen molar-refractivity contribution in [3.8, 4) is 0 Å². The maximum Gasteiger partial charge on any atom is 0.339 e. The number of pyridine rings is 1. The minimum Gasteiger partial charge on any atom is -0.465 e. The van der Waals surface area contributed by atoms with Crippen molar-refractivity contribution < 1.29 is 14.3 Å². The van der Waals surface area contributed by atoms with E-state index in [9.17, 15) is 9.59 Å². The monoisotopic (exact) mass is 395 g/mol. The number of anilines is 1. The molecule has 0 amide bonds. The number of hydrogen-bond donors (Lipinski definition) is 0. The highest BCUT2D eigenvalue weighted by molar-refractivity contribution is 9.09. The second-order valence-corrected chi connectivity index (χ2v) is 6.91. The van der Waals surface area contributed by atoms with Crippen molar-refractivity contribution in [1.82, 2.24) is 9.38 Å². The lowest BCUT2D eigenvalue weighted by Crippen LogP contribution is -2.37. The van der Waals surface area contributed by atoms with E-state index < -0.39 is 5.97 Å². The number of halogens is 1. The Labute approximate surface area is 147 Å². The summed E-state index contributed by atoms with van der Waals surface area (Å²) >= 11 is 3.51. The molecule has 0 saturated carbocycles. The minimum atomic E-state index is -0.490. The second-order valence-electron chi connectivity index (χ2n) is 5.54. The predicted molar refractivity (Wildman–Crippen MR) is 93.2 cm³/mol. The molecule has 1 fully saturated rings. The number of alkyl halides is 1. The van der Waals surface area contributed by atoms with Crippen LogP contribution in [0.4, 0.5) is 5.82 Å². The van der Waals surface area contributed by atoms with Crippen LogP contribution in [0.25, 0.3) is 5.65 Å². The van der Waals surface area contributed by atoms with Crippen molar-refractivity contribution in [2.45, 2.75) is 11.8 Å². The van der Waals surface area contributed by atoms with E-state index in [-0.39, 0.29) is 10.4 Å². The summed E-state index contributed by atoms with van der Waals surface area (Å²) in [6, 6.07) is 3.19. The molecule has 128 valence electrons. The van der Waals surface area contributed by atoms with Crippen LogP contribution < -0.4 is 10.5 Å². The standard InChI is InChI=1S/C16H18BrN3O4/c1-10(17)12-7-11(16(22)23-2)9-20-14(21)8-13(18-15(12)20)19-3-5-24-6-4-19/h7-10H,3-6H2,1-2H3. The Morgan fingerprint density at radius 1 is 1.38 bits per heavy atom. The van der Waals surface area contributed by atoms with Gasteiger partial charge in [-0.2, -0.15) is 0 Å². The highest BCUT2D eigenvalue weighted by atomic mass is 79.9. The summed E-state index contributed by atoms with van der Waals surface area (Å²) in [4.78, 5) is 31.0. The largest absolute Gasteiger partial charge is 0.465 e. The lowest BCUT2D eigenvalue weighted by Gasteiger charge is -2.28. The van der Waals surface area contributed by atoms with Crippen LogP contribution in [0.1, 0.15) is 27.7 Å². The fraction of sp³-hybridized carbons (Fsp3) is 0.438. The first kappa shape index (κ1) is 16.9. The summed E-state index contributed by atoms with van der Waals surface area (Å²) < 4.78 is 11.5. The summed E-state index contributed by atoms with van der Waals surface area (Å²) in [5.41, 5.74) is 1.36. The number of carbonyl (C=O) groups is 1. The quantitative estimate of drug-likeness (QED) is 0.582. The Morgan fingerprint density at radius 2 is 2.08 bits per heavy atom. The average Bonchev–Trinajstić information content (AvgIpc) is 2.60. The summed E-state index contributed by atoms with van der Waals surface area (Å²) in [5.74, 6) is 0.138. The van der Waals surface area contributed by atoms with Gasteiger partial charge in [-0.1, -0.05) is 15.9 Å². The van der Waals surface area contributed by atoms with Crippen molar-refractivity contribution in [3.05, 3.63) is 39.8 Å². The van der Waals surface area contributed by atoms with Crippen LogP contribution >= 0.6 is 15.9 Å².